The van der Waals surface area contributed by atoms with Crippen LogP contribution in [-0.2, 0) is 4.79 Å². The lowest BCUT2D eigenvalue weighted by atomic mass is 9.88. The van der Waals surface area contributed by atoms with E-state index in [0.717, 1.165) is 16.9 Å². The van der Waals surface area contributed by atoms with Gasteiger partial charge in [-0.2, -0.15) is 0 Å². The zero-order chi connectivity index (χ0) is 21.4. The van der Waals surface area contributed by atoms with Gasteiger partial charge in [0.15, 0.2) is 0 Å². The van der Waals surface area contributed by atoms with E-state index in [-0.39, 0.29) is 17.2 Å². The average Bonchev–Trinajstić information content (AvgIpc) is 3.13. The van der Waals surface area contributed by atoms with Crippen molar-refractivity contribution in [2.24, 2.45) is 0 Å². The minimum atomic E-state index is -1.11. The molecule has 0 saturated heterocycles. The normalized spacial score (nSPS) is 15.3. The summed E-state index contributed by atoms with van der Waals surface area (Å²) >= 11 is 1.10. The average molecular weight is 427 g/mol. The van der Waals surface area contributed by atoms with Crippen LogP contribution in [0.3, 0.4) is 0 Å². The number of carboxylic acid groups (broad SMARTS) is 1. The molecule has 0 saturated carbocycles. The molecule has 1 aromatic heterocycles. The molecule has 154 valence electrons. The number of halogens is 1. The minimum absolute atomic E-state index is 0.0840. The van der Waals surface area contributed by atoms with Crippen molar-refractivity contribution in [2.45, 2.75) is 12.3 Å². The Labute approximate surface area is 175 Å². The third-order valence-corrected chi connectivity index (χ3v) is 6.34. The SMILES string of the molecule is COc1ccc(OC)c([C@H]2CC(=O)Nc3c2sc(C(=O)O)c3-c2ccc(F)cc2)c1. The van der Waals surface area contributed by atoms with Gasteiger partial charge in [0.1, 0.15) is 22.2 Å². The van der Waals surface area contributed by atoms with Crippen LogP contribution in [0, 0.1) is 5.82 Å². The fraction of sp³-hybridized carbons (Fsp3) is 0.182. The van der Waals surface area contributed by atoms with Crippen LogP contribution in [0.1, 0.15) is 32.5 Å². The third kappa shape index (κ3) is 3.39. The van der Waals surface area contributed by atoms with E-state index >= 15 is 0 Å². The topological polar surface area (TPSA) is 84.9 Å². The van der Waals surface area contributed by atoms with Crippen molar-refractivity contribution in [2.75, 3.05) is 19.5 Å². The number of amides is 1. The number of anilines is 1. The molecule has 2 N–H and O–H groups in total. The molecule has 2 heterocycles. The highest BCUT2D eigenvalue weighted by Gasteiger charge is 2.35. The van der Waals surface area contributed by atoms with E-state index in [1.54, 1.807) is 25.3 Å². The lowest BCUT2D eigenvalue weighted by molar-refractivity contribution is -0.116. The first-order valence-corrected chi connectivity index (χ1v) is 9.92. The Kier molecular flexibility index (Phi) is 5.17. The fourth-order valence-electron chi connectivity index (χ4n) is 3.69. The first kappa shape index (κ1) is 19.9. The summed E-state index contributed by atoms with van der Waals surface area (Å²) in [6.45, 7) is 0. The molecular formula is C22H18FNO5S. The van der Waals surface area contributed by atoms with Gasteiger partial charge >= 0.3 is 5.97 Å². The second kappa shape index (κ2) is 7.79. The molecule has 0 aliphatic carbocycles. The molecule has 8 heteroatoms. The standard InChI is InChI=1S/C22H18FNO5S/c1-28-13-7-8-16(29-2)14(9-13)15-10-17(25)24-19-18(11-3-5-12(23)6-4-11)21(22(26)27)30-20(15)19/h3-9,15H,10H2,1-2H3,(H,24,25)(H,26,27)/t15-/m1/s1. The van der Waals surface area contributed by atoms with Crippen molar-refractivity contribution in [3.05, 3.63) is 63.6 Å². The van der Waals surface area contributed by atoms with E-state index in [2.05, 4.69) is 5.32 Å². The van der Waals surface area contributed by atoms with E-state index in [1.807, 2.05) is 0 Å². The van der Waals surface area contributed by atoms with Gasteiger partial charge in [0.25, 0.3) is 0 Å². The van der Waals surface area contributed by atoms with Crippen molar-refractivity contribution in [1.82, 2.24) is 0 Å². The fourth-order valence-corrected chi connectivity index (χ4v) is 4.93. The van der Waals surface area contributed by atoms with Crippen LogP contribution in [0.5, 0.6) is 11.5 Å². The maximum absolute atomic E-state index is 13.4. The molecule has 0 bridgehead atoms. The lowest BCUT2D eigenvalue weighted by Crippen LogP contribution is -2.22. The predicted octanol–water partition coefficient (Wildman–Crippen LogP) is 4.74. The number of aromatic carboxylic acids is 1. The number of hydrogen-bond acceptors (Lipinski definition) is 5. The van der Waals surface area contributed by atoms with Crippen LogP contribution < -0.4 is 14.8 Å². The van der Waals surface area contributed by atoms with E-state index in [4.69, 9.17) is 9.47 Å². The second-order valence-electron chi connectivity index (χ2n) is 6.77. The zero-order valence-electron chi connectivity index (χ0n) is 16.2. The van der Waals surface area contributed by atoms with Gasteiger partial charge in [-0.15, -0.1) is 11.3 Å². The highest BCUT2D eigenvalue weighted by Crippen LogP contribution is 2.51. The maximum Gasteiger partial charge on any atom is 0.346 e. The summed E-state index contributed by atoms with van der Waals surface area (Å²) in [4.78, 5) is 25.4. The molecule has 4 rings (SSSR count). The number of fused-ring (bicyclic) bond motifs is 1. The van der Waals surface area contributed by atoms with Crippen LogP contribution in [0.4, 0.5) is 10.1 Å². The Balaban J connectivity index is 1.95. The Morgan fingerprint density at radius 3 is 2.53 bits per heavy atom. The van der Waals surface area contributed by atoms with Crippen LogP contribution in [0.2, 0.25) is 0 Å². The van der Waals surface area contributed by atoms with Crippen LogP contribution in [-0.4, -0.2) is 31.2 Å². The molecule has 1 amide bonds. The maximum atomic E-state index is 13.4. The number of nitrogens with one attached hydrogen (secondary N) is 1. The van der Waals surface area contributed by atoms with Crippen LogP contribution >= 0.6 is 11.3 Å². The van der Waals surface area contributed by atoms with Crippen molar-refractivity contribution >= 4 is 28.9 Å². The molecule has 0 radical (unpaired) electrons. The molecule has 0 spiro atoms. The Bertz CT molecular complexity index is 1140. The van der Waals surface area contributed by atoms with Gasteiger partial charge in [-0.1, -0.05) is 12.1 Å². The van der Waals surface area contributed by atoms with E-state index in [0.29, 0.717) is 33.2 Å². The summed E-state index contributed by atoms with van der Waals surface area (Å²) in [6, 6.07) is 10.8. The lowest BCUT2D eigenvalue weighted by Gasteiger charge is -2.25. The van der Waals surface area contributed by atoms with Gasteiger partial charge < -0.3 is 19.9 Å². The van der Waals surface area contributed by atoms with Gasteiger partial charge in [-0.3, -0.25) is 4.79 Å². The summed E-state index contributed by atoms with van der Waals surface area (Å²) in [5, 5.41) is 12.6. The molecule has 6 nitrogen and oxygen atoms in total. The number of methoxy groups -OCH3 is 2. The Morgan fingerprint density at radius 1 is 1.17 bits per heavy atom. The van der Waals surface area contributed by atoms with Crippen LogP contribution in [0.25, 0.3) is 11.1 Å². The van der Waals surface area contributed by atoms with Crippen molar-refractivity contribution in [3.63, 3.8) is 0 Å². The molecule has 30 heavy (non-hydrogen) atoms. The van der Waals surface area contributed by atoms with Gasteiger partial charge in [0, 0.05) is 28.3 Å². The highest BCUT2D eigenvalue weighted by molar-refractivity contribution is 7.15. The molecule has 0 unspecified atom stereocenters. The highest BCUT2D eigenvalue weighted by atomic mass is 32.1. The Hall–Kier alpha value is -3.39. The number of carbonyl (C=O) groups excluding carboxylic acids is 1. The molecule has 3 aromatic rings. The molecule has 0 fully saturated rings. The van der Waals surface area contributed by atoms with Crippen molar-refractivity contribution in [1.29, 1.82) is 0 Å². The number of hydrogen-bond donors (Lipinski definition) is 2. The summed E-state index contributed by atoms with van der Waals surface area (Å²) in [5.74, 6) is -1.00. The molecule has 1 aliphatic rings. The molecule has 1 atom stereocenters. The van der Waals surface area contributed by atoms with Gasteiger partial charge in [0.05, 0.1) is 19.9 Å². The second-order valence-corrected chi connectivity index (χ2v) is 7.82. The smallest absolute Gasteiger partial charge is 0.346 e. The van der Waals surface area contributed by atoms with Crippen molar-refractivity contribution in [3.8, 4) is 22.6 Å². The predicted molar refractivity (Wildman–Crippen MR) is 111 cm³/mol. The van der Waals surface area contributed by atoms with Gasteiger partial charge in [-0.25, -0.2) is 9.18 Å². The summed E-state index contributed by atoms with van der Waals surface area (Å²) in [6.07, 6.45) is 0.138. The quantitative estimate of drug-likeness (QED) is 0.614. The van der Waals surface area contributed by atoms with Gasteiger partial charge in [-0.05, 0) is 35.9 Å². The van der Waals surface area contributed by atoms with Crippen LogP contribution in [0.15, 0.2) is 42.5 Å². The molecule has 1 aliphatic heterocycles. The number of thiophene rings is 1. The monoisotopic (exact) mass is 427 g/mol. The summed E-state index contributed by atoms with van der Waals surface area (Å²) in [7, 11) is 3.08. The number of ether oxygens (including phenoxy) is 2. The number of carbonyl (C=O) groups is 2. The molecular weight excluding hydrogens is 409 g/mol. The third-order valence-electron chi connectivity index (χ3n) is 5.05. The first-order chi connectivity index (χ1) is 14.4. The largest absolute Gasteiger partial charge is 0.497 e. The van der Waals surface area contributed by atoms with Gasteiger partial charge in [0.2, 0.25) is 5.91 Å². The molecule has 2 aromatic carbocycles. The Morgan fingerprint density at radius 2 is 1.90 bits per heavy atom. The van der Waals surface area contributed by atoms with Crippen molar-refractivity contribution < 1.29 is 28.6 Å². The number of benzene rings is 2. The van der Waals surface area contributed by atoms with E-state index in [9.17, 15) is 19.1 Å². The summed E-state index contributed by atoms with van der Waals surface area (Å²) in [5.41, 5.74) is 2.07. The van der Waals surface area contributed by atoms with E-state index in [1.165, 1.54) is 31.4 Å². The zero-order valence-corrected chi connectivity index (χ0v) is 17.0. The first-order valence-electron chi connectivity index (χ1n) is 9.10. The number of carboxylic acids is 1. The van der Waals surface area contributed by atoms with E-state index < -0.39 is 17.7 Å². The minimum Gasteiger partial charge on any atom is -0.497 e. The summed E-state index contributed by atoms with van der Waals surface area (Å²) < 4.78 is 24.2. The number of rotatable bonds is 5.